The van der Waals surface area contributed by atoms with E-state index in [0.29, 0.717) is 32.7 Å². The van der Waals surface area contributed by atoms with Crippen molar-refractivity contribution in [3.63, 3.8) is 0 Å². The number of rotatable bonds is 5. The average molecular weight is 455 g/mol. The highest BCUT2D eigenvalue weighted by molar-refractivity contribution is 6.35. The molecule has 0 bridgehead atoms. The van der Waals surface area contributed by atoms with Crippen LogP contribution in [0.1, 0.15) is 30.0 Å². The van der Waals surface area contributed by atoms with Gasteiger partial charge >= 0.3 is 5.97 Å². The number of hydrogen-bond acceptors (Lipinski definition) is 2. The fourth-order valence-corrected chi connectivity index (χ4v) is 4.06. The summed E-state index contributed by atoms with van der Waals surface area (Å²) in [4.78, 5) is 11.3. The quantitative estimate of drug-likeness (QED) is 0.428. The molecule has 0 spiro atoms. The Morgan fingerprint density at radius 2 is 1.77 bits per heavy atom. The van der Waals surface area contributed by atoms with E-state index < -0.39 is 11.8 Å². The highest BCUT2D eigenvalue weighted by atomic mass is 35.5. The maximum Gasteiger partial charge on any atom is 0.307 e. The van der Waals surface area contributed by atoms with E-state index in [1.807, 2.05) is 37.3 Å². The molecule has 1 N–H and O–H groups in total. The molecule has 1 aliphatic rings. The number of benzene rings is 3. The topological polar surface area (TPSA) is 46.5 Å². The predicted molar refractivity (Wildman–Crippen MR) is 122 cm³/mol. The van der Waals surface area contributed by atoms with Gasteiger partial charge in [0.25, 0.3) is 0 Å². The van der Waals surface area contributed by atoms with Gasteiger partial charge in [0.1, 0.15) is 17.3 Å². The first-order chi connectivity index (χ1) is 14.8. The van der Waals surface area contributed by atoms with Crippen LogP contribution in [0.25, 0.3) is 17.2 Å². The van der Waals surface area contributed by atoms with Gasteiger partial charge in [-0.2, -0.15) is 0 Å². The van der Waals surface area contributed by atoms with Gasteiger partial charge in [0.05, 0.1) is 11.4 Å². The predicted octanol–water partition coefficient (Wildman–Crippen LogP) is 7.73. The molecule has 0 aliphatic heterocycles. The van der Waals surface area contributed by atoms with Gasteiger partial charge in [-0.1, -0.05) is 41.4 Å². The van der Waals surface area contributed by atoms with Gasteiger partial charge in [-0.25, -0.2) is 4.39 Å². The summed E-state index contributed by atoms with van der Waals surface area (Å²) in [5.74, 6) is -0.230. The lowest BCUT2D eigenvalue weighted by Crippen LogP contribution is -1.97. The number of fused-ring (bicyclic) bond motifs is 1. The Morgan fingerprint density at radius 3 is 2.45 bits per heavy atom. The minimum absolute atomic E-state index is 0.158. The molecule has 4 rings (SSSR count). The van der Waals surface area contributed by atoms with E-state index >= 15 is 0 Å². The van der Waals surface area contributed by atoms with Crippen molar-refractivity contribution in [3.05, 3.63) is 98.8 Å². The van der Waals surface area contributed by atoms with Crippen molar-refractivity contribution in [2.75, 3.05) is 0 Å². The molecule has 6 heteroatoms. The fraction of sp³-hybridized carbons (Fsp3) is 0.0800. The number of aliphatic carboxylic acids is 1. The third kappa shape index (κ3) is 4.50. The molecule has 0 saturated heterocycles. The van der Waals surface area contributed by atoms with Crippen LogP contribution >= 0.6 is 23.2 Å². The third-order valence-electron chi connectivity index (χ3n) is 5.09. The van der Waals surface area contributed by atoms with Crippen LogP contribution in [-0.2, 0) is 4.79 Å². The van der Waals surface area contributed by atoms with Crippen molar-refractivity contribution in [3.8, 4) is 11.5 Å². The van der Waals surface area contributed by atoms with Crippen LogP contribution in [0.15, 0.2) is 66.2 Å². The van der Waals surface area contributed by atoms with Gasteiger partial charge in [0, 0.05) is 5.02 Å². The van der Waals surface area contributed by atoms with Crippen molar-refractivity contribution in [2.24, 2.45) is 0 Å². The highest BCUT2D eigenvalue weighted by Gasteiger charge is 2.25. The number of halogens is 3. The highest BCUT2D eigenvalue weighted by Crippen LogP contribution is 2.44. The molecule has 3 aromatic carbocycles. The summed E-state index contributed by atoms with van der Waals surface area (Å²) in [6, 6.07) is 16.9. The second-order valence-corrected chi connectivity index (χ2v) is 8.01. The van der Waals surface area contributed by atoms with Crippen LogP contribution in [-0.4, -0.2) is 11.1 Å². The molecular weight excluding hydrogens is 438 g/mol. The van der Waals surface area contributed by atoms with E-state index in [9.17, 15) is 14.3 Å². The molecule has 156 valence electrons. The second-order valence-electron chi connectivity index (χ2n) is 7.17. The van der Waals surface area contributed by atoms with Gasteiger partial charge in [-0.05, 0) is 88.9 Å². The summed E-state index contributed by atoms with van der Waals surface area (Å²) < 4.78 is 19.6. The molecule has 0 aromatic heterocycles. The lowest BCUT2D eigenvalue weighted by Gasteiger charge is -2.09. The number of carboxylic acids is 1. The second kappa shape index (κ2) is 8.58. The Morgan fingerprint density at radius 1 is 1.03 bits per heavy atom. The Kier molecular flexibility index (Phi) is 5.86. The van der Waals surface area contributed by atoms with Crippen molar-refractivity contribution in [2.45, 2.75) is 13.3 Å². The molecule has 3 nitrogen and oxygen atoms in total. The normalized spacial score (nSPS) is 14.1. The standard InChI is InChI=1S/C25H17Cl2FO3/c1-14-20(19-8-5-17(28)12-22(19)21(14)13-25(29)30)10-15-2-6-18(7-3-15)31-24-9-4-16(26)11-23(24)27/h2-12H,13H2,1H3,(H,29,30)/b20-10-. The van der Waals surface area contributed by atoms with Gasteiger partial charge in [-0.3, -0.25) is 4.79 Å². The Hall–Kier alpha value is -3.08. The zero-order valence-corrected chi connectivity index (χ0v) is 18.0. The number of ether oxygens (including phenoxy) is 1. The monoisotopic (exact) mass is 454 g/mol. The van der Waals surface area contributed by atoms with E-state index in [-0.39, 0.29) is 6.42 Å². The van der Waals surface area contributed by atoms with Gasteiger partial charge in [0.15, 0.2) is 0 Å². The minimum Gasteiger partial charge on any atom is -0.481 e. The van der Waals surface area contributed by atoms with Crippen molar-refractivity contribution >= 4 is 46.4 Å². The van der Waals surface area contributed by atoms with Crippen molar-refractivity contribution in [1.29, 1.82) is 0 Å². The van der Waals surface area contributed by atoms with Crippen LogP contribution in [0, 0.1) is 5.82 Å². The van der Waals surface area contributed by atoms with Crippen LogP contribution < -0.4 is 4.74 Å². The smallest absolute Gasteiger partial charge is 0.307 e. The maximum absolute atomic E-state index is 13.8. The van der Waals surface area contributed by atoms with Crippen molar-refractivity contribution in [1.82, 2.24) is 0 Å². The minimum atomic E-state index is -0.951. The van der Waals surface area contributed by atoms with Crippen molar-refractivity contribution < 1.29 is 19.0 Å². The van der Waals surface area contributed by atoms with E-state index in [1.54, 1.807) is 24.3 Å². The third-order valence-corrected chi connectivity index (χ3v) is 5.62. The van der Waals surface area contributed by atoms with Crippen LogP contribution in [0.3, 0.4) is 0 Å². The fourth-order valence-electron chi connectivity index (χ4n) is 3.62. The number of hydrogen-bond donors (Lipinski definition) is 1. The van der Waals surface area contributed by atoms with Gasteiger partial charge in [0.2, 0.25) is 0 Å². The van der Waals surface area contributed by atoms with E-state index in [0.717, 1.165) is 22.3 Å². The van der Waals surface area contributed by atoms with E-state index in [1.165, 1.54) is 12.1 Å². The molecule has 3 aromatic rings. The van der Waals surface area contributed by atoms with Crippen LogP contribution in [0.4, 0.5) is 4.39 Å². The molecule has 0 radical (unpaired) electrons. The molecule has 0 fully saturated rings. The number of carbonyl (C=O) groups is 1. The molecule has 0 unspecified atom stereocenters. The zero-order chi connectivity index (χ0) is 22.1. The van der Waals surface area contributed by atoms with Crippen LogP contribution in [0.2, 0.25) is 10.0 Å². The Labute approximate surface area is 189 Å². The Bertz CT molecular complexity index is 1240. The lowest BCUT2D eigenvalue weighted by molar-refractivity contribution is -0.135. The van der Waals surface area contributed by atoms with Crippen LogP contribution in [0.5, 0.6) is 11.5 Å². The molecule has 31 heavy (non-hydrogen) atoms. The average Bonchev–Trinajstić information content (AvgIpc) is 2.96. The molecule has 0 saturated carbocycles. The number of allylic oxidation sites excluding steroid dienone is 2. The molecule has 0 amide bonds. The summed E-state index contributed by atoms with van der Waals surface area (Å²) in [6.07, 6.45) is 1.80. The summed E-state index contributed by atoms with van der Waals surface area (Å²) in [5.41, 5.74) is 4.69. The molecule has 0 atom stereocenters. The molecule has 0 heterocycles. The summed E-state index contributed by atoms with van der Waals surface area (Å²) in [7, 11) is 0. The summed E-state index contributed by atoms with van der Waals surface area (Å²) in [6.45, 7) is 1.86. The molecular formula is C25H17Cl2FO3. The van der Waals surface area contributed by atoms with E-state index in [4.69, 9.17) is 27.9 Å². The van der Waals surface area contributed by atoms with Gasteiger partial charge < -0.3 is 9.84 Å². The first-order valence-electron chi connectivity index (χ1n) is 9.48. The largest absolute Gasteiger partial charge is 0.481 e. The first-order valence-corrected chi connectivity index (χ1v) is 10.2. The lowest BCUT2D eigenvalue weighted by atomic mass is 10.0. The molecule has 1 aliphatic carbocycles. The summed E-state index contributed by atoms with van der Waals surface area (Å²) >= 11 is 12.1. The number of carboxylic acid groups (broad SMARTS) is 1. The summed E-state index contributed by atoms with van der Waals surface area (Å²) in [5, 5.41) is 10.2. The zero-order valence-electron chi connectivity index (χ0n) is 16.5. The van der Waals surface area contributed by atoms with E-state index in [2.05, 4.69) is 0 Å². The van der Waals surface area contributed by atoms with Gasteiger partial charge in [-0.15, -0.1) is 0 Å². The SMILES string of the molecule is CC1=C(CC(=O)O)c2cc(F)ccc2/C1=C\c1ccc(Oc2ccc(Cl)cc2Cl)cc1. The first kappa shape index (κ1) is 21.2. The maximum atomic E-state index is 13.8. The Balaban J connectivity index is 1.65.